The van der Waals surface area contributed by atoms with E-state index >= 15 is 0 Å². The zero-order chi connectivity index (χ0) is 24.7. The van der Waals surface area contributed by atoms with Gasteiger partial charge in [0.1, 0.15) is 0 Å². The van der Waals surface area contributed by atoms with Gasteiger partial charge in [0.05, 0.1) is 16.8 Å². The lowest BCUT2D eigenvalue weighted by molar-refractivity contribution is -0.137. The maximum absolute atomic E-state index is 13.0. The molecule has 0 fully saturated rings. The maximum Gasteiger partial charge on any atom is 0.416 e. The summed E-state index contributed by atoms with van der Waals surface area (Å²) >= 11 is 0. The highest BCUT2D eigenvalue weighted by Crippen LogP contribution is 2.32. The monoisotopic (exact) mass is 476 g/mol. The molecule has 3 N–H and O–H groups in total. The Labute approximate surface area is 201 Å². The molecule has 0 aliphatic carbocycles. The molecule has 0 saturated heterocycles. The SMILES string of the molecule is O=C(Nc1ccc(NCCc2ccccn2)cc1)c1ccccc1Nc1cccc(C(F)(F)F)c1. The number of pyridine rings is 1. The molecular weight excluding hydrogens is 453 g/mol. The molecule has 0 bridgehead atoms. The van der Waals surface area contributed by atoms with Gasteiger partial charge in [-0.3, -0.25) is 9.78 Å². The van der Waals surface area contributed by atoms with Crippen molar-refractivity contribution in [3.05, 3.63) is 114 Å². The number of aromatic nitrogens is 1. The van der Waals surface area contributed by atoms with Gasteiger partial charge in [-0.1, -0.05) is 24.3 Å². The number of hydrogen-bond acceptors (Lipinski definition) is 4. The van der Waals surface area contributed by atoms with E-state index in [0.717, 1.165) is 36.5 Å². The van der Waals surface area contributed by atoms with Crippen LogP contribution >= 0.6 is 0 Å². The first-order valence-corrected chi connectivity index (χ1v) is 11.0. The molecule has 0 atom stereocenters. The fourth-order valence-corrected chi connectivity index (χ4v) is 3.47. The van der Waals surface area contributed by atoms with E-state index in [1.165, 1.54) is 12.1 Å². The third-order valence-electron chi connectivity index (χ3n) is 5.22. The number of carbonyl (C=O) groups excluding carboxylic acids is 1. The highest BCUT2D eigenvalue weighted by Gasteiger charge is 2.30. The van der Waals surface area contributed by atoms with Crippen molar-refractivity contribution in [1.29, 1.82) is 0 Å². The van der Waals surface area contributed by atoms with Gasteiger partial charge < -0.3 is 16.0 Å². The Morgan fingerprint density at radius 1 is 0.800 bits per heavy atom. The largest absolute Gasteiger partial charge is 0.416 e. The number of para-hydroxylation sites is 1. The lowest BCUT2D eigenvalue weighted by Crippen LogP contribution is -2.14. The minimum absolute atomic E-state index is 0.237. The molecule has 0 aliphatic rings. The van der Waals surface area contributed by atoms with Crippen LogP contribution in [0.5, 0.6) is 0 Å². The molecule has 0 saturated carbocycles. The predicted octanol–water partition coefficient (Wildman–Crippen LogP) is 6.75. The van der Waals surface area contributed by atoms with E-state index < -0.39 is 11.7 Å². The Morgan fingerprint density at radius 3 is 2.29 bits per heavy atom. The Balaban J connectivity index is 1.39. The number of amides is 1. The van der Waals surface area contributed by atoms with Crippen LogP contribution < -0.4 is 16.0 Å². The van der Waals surface area contributed by atoms with Crippen molar-refractivity contribution < 1.29 is 18.0 Å². The van der Waals surface area contributed by atoms with Crippen LogP contribution in [0, 0.1) is 0 Å². The van der Waals surface area contributed by atoms with E-state index in [0.29, 0.717) is 16.9 Å². The Hall–Kier alpha value is -4.33. The fourth-order valence-electron chi connectivity index (χ4n) is 3.47. The third-order valence-corrected chi connectivity index (χ3v) is 5.22. The average Bonchev–Trinajstić information content (AvgIpc) is 2.86. The molecule has 1 aromatic heterocycles. The highest BCUT2D eigenvalue weighted by molar-refractivity contribution is 6.08. The molecule has 0 aliphatic heterocycles. The summed E-state index contributed by atoms with van der Waals surface area (Å²) in [6, 6.07) is 24.6. The number of rotatable bonds is 8. The Kier molecular flexibility index (Phi) is 7.30. The van der Waals surface area contributed by atoms with Gasteiger partial charge in [-0.15, -0.1) is 0 Å². The minimum atomic E-state index is -4.45. The topological polar surface area (TPSA) is 66.0 Å². The second kappa shape index (κ2) is 10.7. The van der Waals surface area contributed by atoms with Crippen LogP contribution in [0.25, 0.3) is 0 Å². The van der Waals surface area contributed by atoms with Crippen molar-refractivity contribution in [2.75, 3.05) is 22.5 Å². The van der Waals surface area contributed by atoms with E-state index in [-0.39, 0.29) is 11.6 Å². The number of nitrogens with one attached hydrogen (secondary N) is 3. The van der Waals surface area contributed by atoms with E-state index in [4.69, 9.17) is 0 Å². The van der Waals surface area contributed by atoms with Crippen molar-refractivity contribution >= 4 is 28.7 Å². The van der Waals surface area contributed by atoms with Gasteiger partial charge in [0.2, 0.25) is 0 Å². The number of halogens is 3. The summed E-state index contributed by atoms with van der Waals surface area (Å²) in [4.78, 5) is 17.2. The predicted molar refractivity (Wildman–Crippen MR) is 132 cm³/mol. The van der Waals surface area contributed by atoms with Crippen molar-refractivity contribution in [2.45, 2.75) is 12.6 Å². The van der Waals surface area contributed by atoms with Crippen LogP contribution in [-0.2, 0) is 12.6 Å². The second-order valence-corrected chi connectivity index (χ2v) is 7.78. The van der Waals surface area contributed by atoms with Crippen LogP contribution in [0.4, 0.5) is 35.9 Å². The summed E-state index contributed by atoms with van der Waals surface area (Å²) in [5, 5.41) is 9.07. The van der Waals surface area contributed by atoms with Gasteiger partial charge in [0.25, 0.3) is 5.91 Å². The first kappa shape index (κ1) is 23.8. The van der Waals surface area contributed by atoms with E-state index in [1.807, 2.05) is 30.3 Å². The van der Waals surface area contributed by atoms with Crippen LogP contribution in [0.3, 0.4) is 0 Å². The van der Waals surface area contributed by atoms with Crippen molar-refractivity contribution in [3.63, 3.8) is 0 Å². The number of benzene rings is 3. The molecule has 4 aromatic rings. The number of hydrogen-bond donors (Lipinski definition) is 3. The zero-order valence-electron chi connectivity index (χ0n) is 18.6. The molecular formula is C27H23F3N4O. The second-order valence-electron chi connectivity index (χ2n) is 7.78. The first-order valence-electron chi connectivity index (χ1n) is 11.0. The quantitative estimate of drug-likeness (QED) is 0.263. The summed E-state index contributed by atoms with van der Waals surface area (Å²) in [7, 11) is 0. The van der Waals surface area contributed by atoms with Gasteiger partial charge in [-0.25, -0.2) is 0 Å². The highest BCUT2D eigenvalue weighted by atomic mass is 19.4. The number of anilines is 4. The van der Waals surface area contributed by atoms with Crippen LogP contribution in [0.15, 0.2) is 97.2 Å². The third kappa shape index (κ3) is 6.60. The summed E-state index contributed by atoms with van der Waals surface area (Å²) in [5.74, 6) is -0.379. The van der Waals surface area contributed by atoms with Crippen LogP contribution in [0.2, 0.25) is 0 Å². The molecule has 4 rings (SSSR count). The summed E-state index contributed by atoms with van der Waals surface area (Å²) in [6.45, 7) is 0.720. The van der Waals surface area contributed by atoms with E-state index in [1.54, 1.807) is 42.6 Å². The number of carbonyl (C=O) groups is 1. The molecule has 0 radical (unpaired) electrons. The Morgan fingerprint density at radius 2 is 1.54 bits per heavy atom. The van der Waals surface area contributed by atoms with Crippen molar-refractivity contribution in [2.24, 2.45) is 0 Å². The van der Waals surface area contributed by atoms with Crippen LogP contribution in [0.1, 0.15) is 21.6 Å². The summed E-state index contributed by atoms with van der Waals surface area (Å²) in [5.41, 5.74) is 2.69. The Bertz CT molecular complexity index is 1280. The normalized spacial score (nSPS) is 11.1. The maximum atomic E-state index is 13.0. The first-order chi connectivity index (χ1) is 16.9. The number of alkyl halides is 3. The lowest BCUT2D eigenvalue weighted by atomic mass is 10.1. The molecule has 0 spiro atoms. The molecule has 5 nitrogen and oxygen atoms in total. The molecule has 8 heteroatoms. The molecule has 1 heterocycles. The van der Waals surface area contributed by atoms with E-state index in [2.05, 4.69) is 20.9 Å². The molecule has 35 heavy (non-hydrogen) atoms. The molecule has 1 amide bonds. The minimum Gasteiger partial charge on any atom is -0.385 e. The van der Waals surface area contributed by atoms with Gasteiger partial charge >= 0.3 is 6.18 Å². The van der Waals surface area contributed by atoms with Crippen molar-refractivity contribution in [1.82, 2.24) is 4.98 Å². The lowest BCUT2D eigenvalue weighted by Gasteiger charge is -2.14. The standard InChI is InChI=1S/C27H23F3N4O/c28-27(29,30)19-6-5-8-23(18-19)33-25-10-2-1-9-24(25)26(35)34-22-13-11-21(12-14-22)32-17-15-20-7-3-4-16-31-20/h1-14,16,18,32-33H,15,17H2,(H,34,35). The van der Waals surface area contributed by atoms with Crippen LogP contribution in [-0.4, -0.2) is 17.4 Å². The van der Waals surface area contributed by atoms with Gasteiger partial charge in [0, 0.05) is 41.9 Å². The van der Waals surface area contributed by atoms with Gasteiger partial charge in [-0.2, -0.15) is 13.2 Å². The molecule has 178 valence electrons. The summed E-state index contributed by atoms with van der Waals surface area (Å²) in [6.07, 6.45) is -1.90. The molecule has 0 unspecified atom stereocenters. The zero-order valence-corrected chi connectivity index (χ0v) is 18.6. The fraction of sp³-hybridized carbons (Fsp3) is 0.111. The smallest absolute Gasteiger partial charge is 0.385 e. The van der Waals surface area contributed by atoms with E-state index in [9.17, 15) is 18.0 Å². The summed E-state index contributed by atoms with van der Waals surface area (Å²) < 4.78 is 39.1. The molecule has 3 aromatic carbocycles. The van der Waals surface area contributed by atoms with Crippen molar-refractivity contribution in [3.8, 4) is 0 Å². The number of nitrogens with zero attached hydrogens (tertiary/aromatic N) is 1. The van der Waals surface area contributed by atoms with Gasteiger partial charge in [-0.05, 0) is 66.7 Å². The average molecular weight is 477 g/mol. The van der Waals surface area contributed by atoms with Gasteiger partial charge in [0.15, 0.2) is 0 Å².